The normalized spacial score (nSPS) is 11.5. The Hall–Kier alpha value is -2.50. The number of Topliss-reactive ketones (excluding diaryl/α,β-unsaturated/α-hetero) is 1. The molecule has 3 aromatic rings. The van der Waals surface area contributed by atoms with Gasteiger partial charge >= 0.3 is 0 Å². The summed E-state index contributed by atoms with van der Waals surface area (Å²) in [4.78, 5) is 12.2. The molecule has 0 N–H and O–H groups in total. The van der Waals surface area contributed by atoms with Crippen LogP contribution in [0, 0.1) is 12.8 Å². The first-order chi connectivity index (χ1) is 9.99. The van der Waals surface area contributed by atoms with Crippen LogP contribution in [0.4, 0.5) is 0 Å². The van der Waals surface area contributed by atoms with E-state index in [-0.39, 0.29) is 11.7 Å². The van der Waals surface area contributed by atoms with E-state index in [0.29, 0.717) is 5.56 Å². The molecule has 6 nitrogen and oxygen atoms in total. The van der Waals surface area contributed by atoms with Crippen molar-refractivity contribution in [3.8, 4) is 11.3 Å². The summed E-state index contributed by atoms with van der Waals surface area (Å²) in [6, 6.07) is 3.89. The highest BCUT2D eigenvalue weighted by Gasteiger charge is 2.17. The molecule has 0 aromatic carbocycles. The second kappa shape index (κ2) is 4.80. The Labute approximate surface area is 122 Å². The van der Waals surface area contributed by atoms with E-state index in [4.69, 9.17) is 0 Å². The average Bonchev–Trinajstić information content (AvgIpc) is 3.01. The largest absolute Gasteiger partial charge is 0.294 e. The molecule has 0 aliphatic heterocycles. The van der Waals surface area contributed by atoms with E-state index in [9.17, 15) is 4.79 Å². The summed E-state index contributed by atoms with van der Waals surface area (Å²) in [6.45, 7) is 5.71. The highest BCUT2D eigenvalue weighted by atomic mass is 16.1. The van der Waals surface area contributed by atoms with Crippen LogP contribution in [0.25, 0.3) is 16.8 Å². The number of pyridine rings is 1. The maximum Gasteiger partial charge on any atom is 0.169 e. The first kappa shape index (κ1) is 13.5. The Morgan fingerprint density at radius 1 is 1.29 bits per heavy atom. The molecule has 3 rings (SSSR count). The summed E-state index contributed by atoms with van der Waals surface area (Å²) < 4.78 is 3.47. The van der Waals surface area contributed by atoms with E-state index in [1.807, 2.05) is 46.1 Å². The van der Waals surface area contributed by atoms with Gasteiger partial charge in [-0.15, -0.1) is 5.10 Å². The van der Waals surface area contributed by atoms with E-state index >= 15 is 0 Å². The van der Waals surface area contributed by atoms with Crippen LogP contribution in [0.3, 0.4) is 0 Å². The Bertz CT molecular complexity index is 808. The van der Waals surface area contributed by atoms with Crippen molar-refractivity contribution in [1.82, 2.24) is 24.6 Å². The van der Waals surface area contributed by atoms with E-state index in [0.717, 1.165) is 22.5 Å². The Kier molecular flexibility index (Phi) is 3.08. The number of fused-ring (bicyclic) bond motifs is 1. The first-order valence-electron chi connectivity index (χ1n) is 6.87. The minimum absolute atomic E-state index is 0.0406. The second-order valence-corrected chi connectivity index (χ2v) is 5.47. The minimum Gasteiger partial charge on any atom is -0.294 e. The minimum atomic E-state index is -0.0406. The molecule has 0 aliphatic rings. The topological polar surface area (TPSA) is 65.1 Å². The fraction of sp³-hybridized carbons (Fsp3) is 0.333. The van der Waals surface area contributed by atoms with Gasteiger partial charge in [-0.2, -0.15) is 5.10 Å². The van der Waals surface area contributed by atoms with Crippen LogP contribution in [0.2, 0.25) is 0 Å². The SMILES string of the molecule is Cc1nnn(C)c1-c1ccc2c(C(=O)C(C)C)cnn2c1. The number of ketones is 1. The van der Waals surface area contributed by atoms with E-state index in [1.54, 1.807) is 15.4 Å². The second-order valence-electron chi connectivity index (χ2n) is 5.47. The number of nitrogens with zero attached hydrogens (tertiary/aromatic N) is 5. The molecule has 0 radical (unpaired) electrons. The summed E-state index contributed by atoms with van der Waals surface area (Å²) in [5.74, 6) is 0.0670. The molecule has 3 heterocycles. The van der Waals surface area contributed by atoms with Crippen LogP contribution in [0.1, 0.15) is 29.9 Å². The van der Waals surface area contributed by atoms with Crippen LogP contribution in [0.5, 0.6) is 0 Å². The molecule has 0 aliphatic carbocycles. The molecule has 0 saturated heterocycles. The molecule has 0 bridgehead atoms. The third kappa shape index (κ3) is 2.12. The fourth-order valence-corrected chi connectivity index (χ4v) is 2.48. The molecular formula is C15H17N5O. The summed E-state index contributed by atoms with van der Waals surface area (Å²) in [6.07, 6.45) is 3.54. The van der Waals surface area contributed by atoms with Crippen molar-refractivity contribution in [2.75, 3.05) is 0 Å². The van der Waals surface area contributed by atoms with E-state index < -0.39 is 0 Å². The van der Waals surface area contributed by atoms with Crippen molar-refractivity contribution in [3.05, 3.63) is 35.8 Å². The summed E-state index contributed by atoms with van der Waals surface area (Å²) >= 11 is 0. The molecule has 0 amide bonds. The van der Waals surface area contributed by atoms with Crippen molar-refractivity contribution in [2.45, 2.75) is 20.8 Å². The zero-order valence-electron chi connectivity index (χ0n) is 12.5. The monoisotopic (exact) mass is 283 g/mol. The molecule has 0 spiro atoms. The zero-order chi connectivity index (χ0) is 15.1. The van der Waals surface area contributed by atoms with Gasteiger partial charge in [0.25, 0.3) is 0 Å². The maximum absolute atomic E-state index is 12.2. The molecule has 0 saturated carbocycles. The van der Waals surface area contributed by atoms with Gasteiger partial charge in [-0.1, -0.05) is 19.1 Å². The Balaban J connectivity index is 2.13. The van der Waals surface area contributed by atoms with Gasteiger partial charge in [0.15, 0.2) is 5.78 Å². The number of carbonyl (C=O) groups excluding carboxylic acids is 1. The van der Waals surface area contributed by atoms with Crippen molar-refractivity contribution >= 4 is 11.3 Å². The van der Waals surface area contributed by atoms with Gasteiger partial charge in [-0.25, -0.2) is 9.20 Å². The summed E-state index contributed by atoms with van der Waals surface area (Å²) in [7, 11) is 1.86. The van der Waals surface area contributed by atoms with Gasteiger partial charge in [-0.3, -0.25) is 4.79 Å². The van der Waals surface area contributed by atoms with Crippen molar-refractivity contribution in [1.29, 1.82) is 0 Å². The molecular weight excluding hydrogens is 266 g/mol. The van der Waals surface area contributed by atoms with Crippen molar-refractivity contribution in [3.63, 3.8) is 0 Å². The third-order valence-corrected chi connectivity index (χ3v) is 3.57. The van der Waals surface area contributed by atoms with Gasteiger partial charge in [0, 0.05) is 24.7 Å². The number of rotatable bonds is 3. The molecule has 6 heteroatoms. The molecule has 0 unspecified atom stereocenters. The summed E-state index contributed by atoms with van der Waals surface area (Å²) in [5.41, 5.74) is 4.27. The molecule has 21 heavy (non-hydrogen) atoms. The van der Waals surface area contributed by atoms with Crippen molar-refractivity contribution < 1.29 is 4.79 Å². The van der Waals surface area contributed by atoms with Gasteiger partial charge in [0.2, 0.25) is 0 Å². The lowest BCUT2D eigenvalue weighted by molar-refractivity contribution is 0.0941. The van der Waals surface area contributed by atoms with Crippen LogP contribution < -0.4 is 0 Å². The van der Waals surface area contributed by atoms with Crippen LogP contribution in [-0.2, 0) is 7.05 Å². The zero-order valence-corrected chi connectivity index (χ0v) is 12.5. The lowest BCUT2D eigenvalue weighted by Crippen LogP contribution is -2.06. The third-order valence-electron chi connectivity index (χ3n) is 3.57. The number of hydrogen-bond acceptors (Lipinski definition) is 4. The van der Waals surface area contributed by atoms with Gasteiger partial charge in [-0.05, 0) is 19.1 Å². The lowest BCUT2D eigenvalue weighted by atomic mass is 10.0. The maximum atomic E-state index is 12.2. The standard InChI is InChI=1S/C15H17N5O/c1-9(2)15(21)12-7-16-20-8-11(5-6-13(12)20)14-10(3)17-18-19(14)4/h5-9H,1-4H3. The predicted octanol–water partition coefficient (Wildman–Crippen LogP) is 2.28. The number of hydrogen-bond donors (Lipinski definition) is 0. The Morgan fingerprint density at radius 2 is 2.05 bits per heavy atom. The van der Waals surface area contributed by atoms with Gasteiger partial charge in [0.05, 0.1) is 28.7 Å². The fourth-order valence-electron chi connectivity index (χ4n) is 2.48. The van der Waals surface area contributed by atoms with Crippen molar-refractivity contribution in [2.24, 2.45) is 13.0 Å². The molecule has 3 aromatic heterocycles. The first-order valence-corrected chi connectivity index (χ1v) is 6.87. The predicted molar refractivity (Wildman–Crippen MR) is 79.1 cm³/mol. The smallest absolute Gasteiger partial charge is 0.169 e. The Morgan fingerprint density at radius 3 is 2.67 bits per heavy atom. The van der Waals surface area contributed by atoms with Crippen LogP contribution in [0.15, 0.2) is 24.5 Å². The van der Waals surface area contributed by atoms with E-state index in [1.165, 1.54) is 0 Å². The van der Waals surface area contributed by atoms with Crippen LogP contribution in [-0.4, -0.2) is 30.4 Å². The van der Waals surface area contributed by atoms with Gasteiger partial charge in [0.1, 0.15) is 0 Å². The molecule has 108 valence electrons. The average molecular weight is 283 g/mol. The van der Waals surface area contributed by atoms with E-state index in [2.05, 4.69) is 15.4 Å². The lowest BCUT2D eigenvalue weighted by Gasteiger charge is -2.05. The number of aryl methyl sites for hydroxylation is 2. The molecule has 0 atom stereocenters. The highest BCUT2D eigenvalue weighted by molar-refractivity contribution is 6.03. The van der Waals surface area contributed by atoms with Gasteiger partial charge < -0.3 is 0 Å². The quantitative estimate of drug-likeness (QED) is 0.692. The highest BCUT2D eigenvalue weighted by Crippen LogP contribution is 2.23. The summed E-state index contributed by atoms with van der Waals surface area (Å²) in [5, 5.41) is 12.4. The molecule has 0 fully saturated rings. The number of aromatic nitrogens is 5. The van der Waals surface area contributed by atoms with Crippen LogP contribution >= 0.6 is 0 Å². The number of carbonyl (C=O) groups is 1.